The molecule has 0 bridgehead atoms. The SMILES string of the molecule is CCn1nc(C)cc1C(=O)Nc1nc2cc(C(N)=O)cc(OCCCN(C)C(=O)CN(C)C)c2n1CCC[C@H]1CCOc2cc(C(N)=O)cc3nc(NC(=O)c4cc(C)nn4CC)n1c23. The van der Waals surface area contributed by atoms with Gasteiger partial charge in [0.05, 0.1) is 42.2 Å². The van der Waals surface area contributed by atoms with Crippen molar-refractivity contribution in [2.75, 3.05) is 58.1 Å². The maximum atomic E-state index is 13.9. The Morgan fingerprint density at radius 2 is 1.38 bits per heavy atom. The molecule has 1 aliphatic rings. The maximum absolute atomic E-state index is 13.9. The summed E-state index contributed by atoms with van der Waals surface area (Å²) in [6, 6.07) is 9.44. The van der Waals surface area contributed by atoms with Crippen molar-refractivity contribution in [3.05, 3.63) is 70.3 Å². The van der Waals surface area contributed by atoms with Gasteiger partial charge < -0.3 is 39.9 Å². The minimum atomic E-state index is -0.684. The third kappa shape index (κ3) is 9.78. The number of anilines is 2. The Hall–Kier alpha value is -7.29. The number of amides is 5. The quantitative estimate of drug-likeness (QED) is 0.0849. The number of imidazole rings is 2. The normalized spacial score (nSPS) is 13.5. The average molecular weight is 893 g/mol. The summed E-state index contributed by atoms with van der Waals surface area (Å²) in [7, 11) is 5.40. The van der Waals surface area contributed by atoms with Crippen LogP contribution in [0, 0.1) is 13.8 Å². The second kappa shape index (κ2) is 19.2. The number of nitrogens with zero attached hydrogens (tertiary/aromatic N) is 10. The van der Waals surface area contributed by atoms with E-state index in [4.69, 9.17) is 30.9 Å². The predicted molar refractivity (Wildman–Crippen MR) is 242 cm³/mol. The van der Waals surface area contributed by atoms with Crippen LogP contribution in [-0.2, 0) is 24.4 Å². The third-order valence-electron chi connectivity index (χ3n) is 11.2. The number of likely N-dealkylation sites (N-methyl/N-ethyl adjacent to an activating group) is 2. The van der Waals surface area contributed by atoms with Gasteiger partial charge in [-0.2, -0.15) is 10.2 Å². The Balaban J connectivity index is 1.24. The minimum absolute atomic E-state index is 0.0322. The van der Waals surface area contributed by atoms with Crippen LogP contribution in [0.2, 0.25) is 0 Å². The fourth-order valence-corrected chi connectivity index (χ4v) is 8.15. The third-order valence-corrected chi connectivity index (χ3v) is 11.2. The maximum Gasteiger partial charge on any atom is 0.276 e. The molecule has 6 N–H and O–H groups in total. The molecule has 65 heavy (non-hydrogen) atoms. The number of hydrogen-bond acceptors (Lipinski definition) is 12. The van der Waals surface area contributed by atoms with Crippen LogP contribution in [0.3, 0.4) is 0 Å². The van der Waals surface area contributed by atoms with E-state index < -0.39 is 23.6 Å². The minimum Gasteiger partial charge on any atom is -0.491 e. The van der Waals surface area contributed by atoms with E-state index in [1.165, 1.54) is 0 Å². The van der Waals surface area contributed by atoms with Crippen LogP contribution in [0.5, 0.6) is 11.5 Å². The van der Waals surface area contributed by atoms with E-state index in [-0.39, 0.29) is 48.1 Å². The number of carbonyl (C=O) groups excluding carboxylic acids is 5. The fourth-order valence-electron chi connectivity index (χ4n) is 8.15. The molecule has 0 radical (unpaired) electrons. The lowest BCUT2D eigenvalue weighted by Gasteiger charge is -2.21. The van der Waals surface area contributed by atoms with Gasteiger partial charge in [0.1, 0.15) is 33.9 Å². The van der Waals surface area contributed by atoms with Crippen LogP contribution in [-0.4, -0.2) is 125 Å². The lowest BCUT2D eigenvalue weighted by molar-refractivity contribution is -0.130. The van der Waals surface area contributed by atoms with Crippen LogP contribution in [0.1, 0.15) is 98.7 Å². The van der Waals surface area contributed by atoms with Crippen molar-refractivity contribution in [1.29, 1.82) is 0 Å². The van der Waals surface area contributed by atoms with E-state index in [1.807, 2.05) is 50.9 Å². The number of nitrogens with one attached hydrogen (secondary N) is 2. The van der Waals surface area contributed by atoms with Crippen LogP contribution >= 0.6 is 0 Å². The summed E-state index contributed by atoms with van der Waals surface area (Å²) in [4.78, 5) is 78.4. The summed E-state index contributed by atoms with van der Waals surface area (Å²) < 4.78 is 19.6. The number of primary amides is 2. The Kier molecular flexibility index (Phi) is 13.5. The van der Waals surface area contributed by atoms with Crippen molar-refractivity contribution in [2.24, 2.45) is 11.5 Å². The molecule has 21 heteroatoms. The van der Waals surface area contributed by atoms with Crippen LogP contribution in [0.15, 0.2) is 36.4 Å². The molecule has 344 valence electrons. The largest absolute Gasteiger partial charge is 0.491 e. The number of rotatable bonds is 19. The first-order chi connectivity index (χ1) is 31.1. The lowest BCUT2D eigenvalue weighted by atomic mass is 10.1. The van der Waals surface area contributed by atoms with Crippen LogP contribution in [0.4, 0.5) is 11.9 Å². The Labute approximate surface area is 375 Å². The first kappa shape index (κ1) is 45.7. The molecule has 0 saturated carbocycles. The second-order valence-corrected chi connectivity index (χ2v) is 16.4. The Bertz CT molecular complexity index is 2800. The summed E-state index contributed by atoms with van der Waals surface area (Å²) >= 11 is 0. The summed E-state index contributed by atoms with van der Waals surface area (Å²) in [5, 5.41) is 14.9. The van der Waals surface area contributed by atoms with Gasteiger partial charge in [-0.05, 0) is 97.5 Å². The highest BCUT2D eigenvalue weighted by atomic mass is 16.5. The molecule has 0 fully saturated rings. The van der Waals surface area contributed by atoms with Crippen LogP contribution < -0.4 is 31.6 Å². The number of fused-ring (bicyclic) bond motifs is 1. The summed E-state index contributed by atoms with van der Waals surface area (Å²) in [6.07, 6.45) is 2.03. The highest BCUT2D eigenvalue weighted by Gasteiger charge is 2.29. The van der Waals surface area contributed by atoms with Gasteiger partial charge in [-0.15, -0.1) is 0 Å². The zero-order chi connectivity index (χ0) is 46.7. The van der Waals surface area contributed by atoms with Gasteiger partial charge in [-0.3, -0.25) is 44.0 Å². The molecule has 0 saturated heterocycles. The standard InChI is InChI=1S/C44H56N14O7/c1-8-56-32(18-25(3)51-56)41(62)49-43-47-30-20-27(39(45)60)22-34(64-16-11-14-54(7)36(59)24-53(5)6)37(30)55(43)15-10-12-29-13-17-65-35-23-28(40(46)61)21-31-38(35)58(29)44(48-31)50-42(63)33-19-26(4)52-57(33)9-2/h18-23,29H,8-17,24H2,1-7H3,(H2,45,60)(H2,46,61)(H,47,49,62)(H,48,50,63)/t29-/m0/s1. The number of hydrogen-bond donors (Lipinski definition) is 4. The van der Waals surface area contributed by atoms with Crippen molar-refractivity contribution in [1.82, 2.24) is 48.5 Å². The highest BCUT2D eigenvalue weighted by Crippen LogP contribution is 2.39. The molecule has 7 rings (SSSR count). The van der Waals surface area contributed by atoms with Gasteiger partial charge in [0.15, 0.2) is 0 Å². The molecule has 2 aromatic carbocycles. The molecule has 4 aromatic heterocycles. The second-order valence-electron chi connectivity index (χ2n) is 16.4. The number of nitrogens with two attached hydrogens (primary N) is 2. The molecule has 0 aliphatic carbocycles. The van der Waals surface area contributed by atoms with Gasteiger partial charge in [-0.25, -0.2) is 9.97 Å². The van der Waals surface area contributed by atoms with Crippen molar-refractivity contribution in [3.63, 3.8) is 0 Å². The Morgan fingerprint density at radius 3 is 1.98 bits per heavy atom. The summed E-state index contributed by atoms with van der Waals surface area (Å²) in [5.74, 6) is -0.988. The number of ether oxygens (including phenoxy) is 2. The van der Waals surface area contributed by atoms with E-state index in [2.05, 4.69) is 20.8 Å². The topological polar surface area (TPSA) is 258 Å². The van der Waals surface area contributed by atoms with Gasteiger partial charge >= 0.3 is 0 Å². The van der Waals surface area contributed by atoms with Crippen molar-refractivity contribution < 1.29 is 33.4 Å². The first-order valence-electron chi connectivity index (χ1n) is 21.6. The van der Waals surface area contributed by atoms with Crippen molar-refractivity contribution in [2.45, 2.75) is 79.1 Å². The molecule has 5 amide bonds. The zero-order valence-corrected chi connectivity index (χ0v) is 37.8. The van der Waals surface area contributed by atoms with E-state index >= 15 is 0 Å². The summed E-state index contributed by atoms with van der Waals surface area (Å²) in [6.45, 7) is 9.86. The van der Waals surface area contributed by atoms with E-state index in [1.54, 1.807) is 62.6 Å². The highest BCUT2D eigenvalue weighted by molar-refractivity contribution is 6.05. The fraction of sp³-hybridized carbons (Fsp3) is 0.432. The first-order valence-corrected chi connectivity index (χ1v) is 21.6. The number of carbonyl (C=O) groups is 5. The van der Waals surface area contributed by atoms with E-state index in [0.717, 1.165) is 0 Å². The molecule has 6 aromatic rings. The number of aryl methyl sites for hydroxylation is 5. The molecular weight excluding hydrogens is 837 g/mol. The van der Waals surface area contributed by atoms with E-state index in [0.29, 0.717) is 115 Å². The number of benzene rings is 2. The molecule has 5 heterocycles. The van der Waals surface area contributed by atoms with Gasteiger partial charge in [0.25, 0.3) is 11.8 Å². The average Bonchev–Trinajstić information content (AvgIpc) is 4.00. The molecule has 0 spiro atoms. The molecule has 21 nitrogen and oxygen atoms in total. The van der Waals surface area contributed by atoms with Gasteiger partial charge in [0, 0.05) is 56.8 Å². The molecule has 0 unspecified atom stereocenters. The molecule has 1 atom stereocenters. The number of aromatic nitrogens is 8. The lowest BCUT2D eigenvalue weighted by Crippen LogP contribution is -2.36. The van der Waals surface area contributed by atoms with Crippen molar-refractivity contribution >= 4 is 63.5 Å². The monoisotopic (exact) mass is 892 g/mol. The van der Waals surface area contributed by atoms with Crippen molar-refractivity contribution in [3.8, 4) is 11.5 Å². The predicted octanol–water partition coefficient (Wildman–Crippen LogP) is 3.73. The van der Waals surface area contributed by atoms with E-state index in [9.17, 15) is 24.0 Å². The van der Waals surface area contributed by atoms with Crippen LogP contribution in [0.25, 0.3) is 22.1 Å². The zero-order valence-electron chi connectivity index (χ0n) is 37.8. The molecule has 1 aliphatic heterocycles. The smallest absolute Gasteiger partial charge is 0.276 e. The molecular formula is C44H56N14O7. The summed E-state index contributed by atoms with van der Waals surface area (Å²) in [5.41, 5.74) is 15.9. The Morgan fingerprint density at radius 1 is 0.800 bits per heavy atom. The van der Waals surface area contributed by atoms with Gasteiger partial charge in [0.2, 0.25) is 29.6 Å². The van der Waals surface area contributed by atoms with Gasteiger partial charge in [-0.1, -0.05) is 0 Å².